The highest BCUT2D eigenvalue weighted by Gasteiger charge is 2.15. The van der Waals surface area contributed by atoms with Gasteiger partial charge in [-0.1, -0.05) is 24.3 Å². The number of nitrogens with one attached hydrogen (secondary N) is 1. The highest BCUT2D eigenvalue weighted by molar-refractivity contribution is 6.07. The summed E-state index contributed by atoms with van der Waals surface area (Å²) in [5.41, 5.74) is 5.07. The Kier molecular flexibility index (Phi) is 3.61. The molecular weight excluding hydrogens is 298 g/mol. The van der Waals surface area contributed by atoms with E-state index in [2.05, 4.69) is 27.5 Å². The fourth-order valence-electron chi connectivity index (χ4n) is 3.14. The molecule has 0 aliphatic rings. The van der Waals surface area contributed by atoms with Crippen molar-refractivity contribution in [2.24, 2.45) is 7.05 Å². The largest absolute Gasteiger partial charge is 0.383 e. The number of aryl methyl sites for hydroxylation is 2. The van der Waals surface area contributed by atoms with Crippen LogP contribution in [-0.4, -0.2) is 26.3 Å². The van der Waals surface area contributed by atoms with Gasteiger partial charge in [0.15, 0.2) is 5.65 Å². The molecular formula is C19H19N5. The van der Waals surface area contributed by atoms with Gasteiger partial charge in [0.25, 0.3) is 0 Å². The van der Waals surface area contributed by atoms with Crippen LogP contribution in [0.5, 0.6) is 0 Å². The van der Waals surface area contributed by atoms with Crippen molar-refractivity contribution < 1.29 is 0 Å². The lowest BCUT2D eigenvalue weighted by Crippen LogP contribution is -2.07. The number of rotatable bonds is 4. The molecule has 1 aromatic carbocycles. The molecule has 0 aliphatic carbocycles. The molecule has 4 rings (SSSR count). The molecule has 0 saturated carbocycles. The second kappa shape index (κ2) is 5.92. The Morgan fingerprint density at radius 3 is 2.75 bits per heavy atom. The third kappa shape index (κ3) is 2.48. The van der Waals surface area contributed by atoms with Crippen LogP contribution in [-0.2, 0) is 13.5 Å². The minimum atomic E-state index is 0.814. The van der Waals surface area contributed by atoms with Gasteiger partial charge in [0.2, 0.25) is 0 Å². The first-order chi connectivity index (χ1) is 11.7. The number of hydrogen-bond acceptors (Lipinski definition) is 4. The van der Waals surface area contributed by atoms with Crippen molar-refractivity contribution in [3.8, 4) is 0 Å². The molecule has 0 unspecified atom stereocenters. The summed E-state index contributed by atoms with van der Waals surface area (Å²) >= 11 is 0. The maximum Gasteiger partial charge on any atom is 0.160 e. The Hall–Kier alpha value is -2.95. The van der Waals surface area contributed by atoms with Gasteiger partial charge >= 0.3 is 0 Å². The number of hydrogen-bond donors (Lipinski definition) is 1. The van der Waals surface area contributed by atoms with Crippen LogP contribution in [0.1, 0.15) is 11.4 Å². The van der Waals surface area contributed by atoms with Gasteiger partial charge in [-0.3, -0.25) is 9.67 Å². The van der Waals surface area contributed by atoms with E-state index in [0.717, 1.165) is 52.0 Å². The summed E-state index contributed by atoms with van der Waals surface area (Å²) in [5, 5.41) is 10.4. The molecule has 0 spiro atoms. The summed E-state index contributed by atoms with van der Waals surface area (Å²) in [6.07, 6.45) is 2.71. The van der Waals surface area contributed by atoms with Gasteiger partial charge < -0.3 is 5.32 Å². The van der Waals surface area contributed by atoms with Crippen LogP contribution >= 0.6 is 0 Å². The molecule has 4 aromatic rings. The summed E-state index contributed by atoms with van der Waals surface area (Å²) in [4.78, 5) is 9.16. The number of fused-ring (bicyclic) bond motifs is 2. The van der Waals surface area contributed by atoms with Crippen LogP contribution in [0.2, 0.25) is 0 Å². The number of pyridine rings is 2. The van der Waals surface area contributed by atoms with Crippen molar-refractivity contribution in [2.75, 3.05) is 11.9 Å². The maximum atomic E-state index is 4.77. The van der Waals surface area contributed by atoms with E-state index < -0.39 is 0 Å². The molecule has 0 fully saturated rings. The van der Waals surface area contributed by atoms with Gasteiger partial charge in [0.05, 0.1) is 22.3 Å². The van der Waals surface area contributed by atoms with E-state index in [9.17, 15) is 0 Å². The first kappa shape index (κ1) is 14.6. The molecule has 0 radical (unpaired) electrons. The van der Waals surface area contributed by atoms with E-state index in [4.69, 9.17) is 4.98 Å². The molecule has 3 aromatic heterocycles. The van der Waals surface area contributed by atoms with Crippen molar-refractivity contribution >= 4 is 27.6 Å². The summed E-state index contributed by atoms with van der Waals surface area (Å²) in [6, 6.07) is 14.2. The van der Waals surface area contributed by atoms with Crippen LogP contribution in [0.15, 0.2) is 48.7 Å². The molecule has 0 saturated heterocycles. The first-order valence-corrected chi connectivity index (χ1v) is 8.10. The predicted octanol–water partition coefficient (Wildman–Crippen LogP) is 3.48. The van der Waals surface area contributed by atoms with Crippen LogP contribution in [0.25, 0.3) is 21.9 Å². The Morgan fingerprint density at radius 1 is 1.08 bits per heavy atom. The molecule has 1 N–H and O–H groups in total. The maximum absolute atomic E-state index is 4.77. The Bertz CT molecular complexity index is 1000. The molecule has 0 atom stereocenters. The second-order valence-electron chi connectivity index (χ2n) is 5.91. The lowest BCUT2D eigenvalue weighted by molar-refractivity contribution is 0.775. The standard InChI is InChI=1S/C19H19N5/c1-13-17-18(21-12-10-14-7-5-6-11-20-14)15-8-3-4-9-16(15)22-19(17)24(2)23-13/h3-9,11H,10,12H2,1-2H3,(H,21,22). The minimum absolute atomic E-state index is 0.814. The van der Waals surface area contributed by atoms with Gasteiger partial charge in [-0.2, -0.15) is 5.10 Å². The average molecular weight is 317 g/mol. The zero-order chi connectivity index (χ0) is 16.5. The van der Waals surface area contributed by atoms with Gasteiger partial charge in [-0.25, -0.2) is 4.98 Å². The minimum Gasteiger partial charge on any atom is -0.383 e. The topological polar surface area (TPSA) is 55.6 Å². The monoisotopic (exact) mass is 317 g/mol. The van der Waals surface area contributed by atoms with E-state index in [0.29, 0.717) is 0 Å². The molecule has 0 bridgehead atoms. The summed E-state index contributed by atoms with van der Waals surface area (Å²) in [7, 11) is 1.94. The van der Waals surface area contributed by atoms with Crippen LogP contribution in [0.4, 0.5) is 5.69 Å². The molecule has 0 amide bonds. The summed E-state index contributed by atoms with van der Waals surface area (Å²) in [6.45, 7) is 2.84. The van der Waals surface area contributed by atoms with Crippen molar-refractivity contribution in [3.05, 3.63) is 60.0 Å². The molecule has 5 nitrogen and oxygen atoms in total. The normalized spacial score (nSPS) is 11.2. The highest BCUT2D eigenvalue weighted by atomic mass is 15.3. The fraction of sp³-hybridized carbons (Fsp3) is 0.211. The first-order valence-electron chi connectivity index (χ1n) is 8.10. The van der Waals surface area contributed by atoms with E-state index in [1.165, 1.54) is 0 Å². The quantitative estimate of drug-likeness (QED) is 0.626. The Morgan fingerprint density at radius 2 is 1.92 bits per heavy atom. The van der Waals surface area contributed by atoms with Crippen molar-refractivity contribution in [2.45, 2.75) is 13.3 Å². The fourth-order valence-corrected chi connectivity index (χ4v) is 3.14. The average Bonchev–Trinajstić information content (AvgIpc) is 2.89. The third-order valence-electron chi connectivity index (χ3n) is 4.25. The number of para-hydroxylation sites is 1. The smallest absolute Gasteiger partial charge is 0.160 e. The van der Waals surface area contributed by atoms with Gasteiger partial charge in [0, 0.05) is 37.3 Å². The second-order valence-corrected chi connectivity index (χ2v) is 5.91. The molecule has 5 heteroatoms. The van der Waals surface area contributed by atoms with Crippen LogP contribution < -0.4 is 5.32 Å². The zero-order valence-corrected chi connectivity index (χ0v) is 13.8. The molecule has 24 heavy (non-hydrogen) atoms. The highest BCUT2D eigenvalue weighted by Crippen LogP contribution is 2.32. The van der Waals surface area contributed by atoms with Crippen molar-refractivity contribution in [1.29, 1.82) is 0 Å². The molecule has 0 aliphatic heterocycles. The van der Waals surface area contributed by atoms with Crippen molar-refractivity contribution in [1.82, 2.24) is 19.7 Å². The van der Waals surface area contributed by atoms with E-state index in [1.807, 2.05) is 55.2 Å². The summed E-state index contributed by atoms with van der Waals surface area (Å²) < 4.78 is 1.85. The third-order valence-corrected chi connectivity index (χ3v) is 4.25. The molecule has 3 heterocycles. The predicted molar refractivity (Wildman–Crippen MR) is 97.2 cm³/mol. The number of anilines is 1. The van der Waals surface area contributed by atoms with Crippen LogP contribution in [0, 0.1) is 6.92 Å². The molecule has 120 valence electrons. The number of aromatic nitrogens is 4. The lowest BCUT2D eigenvalue weighted by Gasteiger charge is -2.11. The number of nitrogens with zero attached hydrogens (tertiary/aromatic N) is 4. The Balaban J connectivity index is 1.76. The van der Waals surface area contributed by atoms with Crippen molar-refractivity contribution in [3.63, 3.8) is 0 Å². The van der Waals surface area contributed by atoms with Gasteiger partial charge in [0.1, 0.15) is 0 Å². The lowest BCUT2D eigenvalue weighted by atomic mass is 10.1. The van der Waals surface area contributed by atoms with E-state index >= 15 is 0 Å². The van der Waals surface area contributed by atoms with E-state index in [1.54, 1.807) is 0 Å². The van der Waals surface area contributed by atoms with E-state index in [-0.39, 0.29) is 0 Å². The SMILES string of the molecule is Cc1nn(C)c2nc3ccccc3c(NCCc3ccccn3)c12. The zero-order valence-electron chi connectivity index (χ0n) is 13.8. The van der Waals surface area contributed by atoms with Gasteiger partial charge in [-0.05, 0) is 25.1 Å². The van der Waals surface area contributed by atoms with Gasteiger partial charge in [-0.15, -0.1) is 0 Å². The number of benzene rings is 1. The Labute approximate surface area is 140 Å². The van der Waals surface area contributed by atoms with Crippen LogP contribution in [0.3, 0.4) is 0 Å². The summed E-state index contributed by atoms with van der Waals surface area (Å²) in [5.74, 6) is 0.